The Hall–Kier alpha value is -1.63. The Labute approximate surface area is 125 Å². The molecular weight excluding hydrogens is 268 g/mol. The first-order valence-electron chi connectivity index (χ1n) is 7.83. The summed E-state index contributed by atoms with van der Waals surface area (Å²) in [6.07, 6.45) is 5.00. The third kappa shape index (κ3) is 3.53. The molecule has 1 aromatic rings. The monoisotopic (exact) mass is 292 g/mol. The van der Waals surface area contributed by atoms with Crippen LogP contribution in [0.1, 0.15) is 32.6 Å². The van der Waals surface area contributed by atoms with E-state index in [1.165, 1.54) is 25.7 Å². The molecule has 1 aliphatic heterocycles. The summed E-state index contributed by atoms with van der Waals surface area (Å²) in [5, 5.41) is 3.45. The molecule has 21 heavy (non-hydrogen) atoms. The van der Waals surface area contributed by atoms with Crippen molar-refractivity contribution in [1.29, 1.82) is 0 Å². The number of nitrogen functional groups attached to an aromatic ring is 1. The van der Waals surface area contributed by atoms with Gasteiger partial charge in [-0.25, -0.2) is 0 Å². The second kappa shape index (κ2) is 6.43. The SMILES string of the molecule is CC1CCCCC1Nc1nc(N)nc(N2CCOCC2)n1. The van der Waals surface area contributed by atoms with Gasteiger partial charge < -0.3 is 20.7 Å². The van der Waals surface area contributed by atoms with E-state index in [-0.39, 0.29) is 5.95 Å². The molecule has 0 spiro atoms. The number of hydrogen-bond donors (Lipinski definition) is 2. The molecule has 116 valence electrons. The summed E-state index contributed by atoms with van der Waals surface area (Å²) in [6.45, 7) is 5.28. The second-order valence-corrected chi connectivity index (χ2v) is 5.93. The van der Waals surface area contributed by atoms with Crippen LogP contribution in [0.5, 0.6) is 0 Å². The van der Waals surface area contributed by atoms with Gasteiger partial charge in [0.1, 0.15) is 0 Å². The highest BCUT2D eigenvalue weighted by atomic mass is 16.5. The highest BCUT2D eigenvalue weighted by molar-refractivity contribution is 5.42. The third-order valence-corrected chi connectivity index (χ3v) is 4.36. The summed E-state index contributed by atoms with van der Waals surface area (Å²) < 4.78 is 5.36. The van der Waals surface area contributed by atoms with Gasteiger partial charge in [0, 0.05) is 19.1 Å². The lowest BCUT2D eigenvalue weighted by Gasteiger charge is -2.30. The van der Waals surface area contributed by atoms with Gasteiger partial charge in [0.05, 0.1) is 13.2 Å². The number of anilines is 3. The normalized spacial score (nSPS) is 26.6. The summed E-state index contributed by atoms with van der Waals surface area (Å²) in [7, 11) is 0. The molecule has 0 bridgehead atoms. The average molecular weight is 292 g/mol. The first-order chi connectivity index (χ1) is 10.2. The average Bonchev–Trinajstić information content (AvgIpc) is 2.50. The maximum absolute atomic E-state index is 5.85. The third-order valence-electron chi connectivity index (χ3n) is 4.36. The Bertz CT molecular complexity index is 477. The van der Waals surface area contributed by atoms with Crippen LogP contribution in [0.25, 0.3) is 0 Å². The second-order valence-electron chi connectivity index (χ2n) is 5.93. The molecule has 7 nitrogen and oxygen atoms in total. The number of nitrogens with one attached hydrogen (secondary N) is 1. The van der Waals surface area contributed by atoms with Crippen LogP contribution in [-0.2, 0) is 4.74 Å². The fourth-order valence-electron chi connectivity index (χ4n) is 3.05. The summed E-state index contributed by atoms with van der Waals surface area (Å²) in [5.41, 5.74) is 5.85. The minimum atomic E-state index is 0.275. The molecule has 0 amide bonds. The molecule has 2 unspecified atom stereocenters. The lowest BCUT2D eigenvalue weighted by molar-refractivity contribution is 0.122. The van der Waals surface area contributed by atoms with Gasteiger partial charge in [0.15, 0.2) is 0 Å². The lowest BCUT2D eigenvalue weighted by atomic mass is 9.86. The van der Waals surface area contributed by atoms with E-state index in [9.17, 15) is 0 Å². The maximum atomic E-state index is 5.85. The van der Waals surface area contributed by atoms with Crippen LogP contribution in [-0.4, -0.2) is 47.3 Å². The molecule has 3 rings (SSSR count). The van der Waals surface area contributed by atoms with Crippen molar-refractivity contribution < 1.29 is 4.74 Å². The van der Waals surface area contributed by atoms with Gasteiger partial charge in [-0.3, -0.25) is 0 Å². The van der Waals surface area contributed by atoms with Crippen LogP contribution < -0.4 is 16.0 Å². The molecule has 2 heterocycles. The van der Waals surface area contributed by atoms with Gasteiger partial charge in [-0.05, 0) is 18.8 Å². The molecular formula is C14H24N6O. The first kappa shape index (κ1) is 14.3. The highest BCUT2D eigenvalue weighted by Gasteiger charge is 2.23. The smallest absolute Gasteiger partial charge is 0.232 e. The van der Waals surface area contributed by atoms with Crippen molar-refractivity contribution in [3.63, 3.8) is 0 Å². The molecule has 0 aromatic carbocycles. The molecule has 2 aliphatic rings. The van der Waals surface area contributed by atoms with Crippen LogP contribution in [0.2, 0.25) is 0 Å². The number of nitrogens with zero attached hydrogens (tertiary/aromatic N) is 4. The lowest BCUT2D eigenvalue weighted by Crippen LogP contribution is -2.38. The number of nitrogens with two attached hydrogens (primary N) is 1. The molecule has 2 fully saturated rings. The Kier molecular flexibility index (Phi) is 4.38. The number of rotatable bonds is 3. The van der Waals surface area contributed by atoms with E-state index in [1.807, 2.05) is 0 Å². The fraction of sp³-hybridized carbons (Fsp3) is 0.786. The summed E-state index contributed by atoms with van der Waals surface area (Å²) >= 11 is 0. The Morgan fingerprint density at radius 1 is 1.14 bits per heavy atom. The van der Waals surface area contributed by atoms with E-state index in [1.54, 1.807) is 0 Å². The van der Waals surface area contributed by atoms with Crippen molar-refractivity contribution in [2.75, 3.05) is 42.3 Å². The molecule has 3 N–H and O–H groups in total. The van der Waals surface area contributed by atoms with Crippen molar-refractivity contribution in [2.24, 2.45) is 5.92 Å². The van der Waals surface area contributed by atoms with Crippen molar-refractivity contribution in [3.8, 4) is 0 Å². The number of ether oxygens (including phenoxy) is 1. The van der Waals surface area contributed by atoms with Gasteiger partial charge in [-0.2, -0.15) is 15.0 Å². The quantitative estimate of drug-likeness (QED) is 0.867. The highest BCUT2D eigenvalue weighted by Crippen LogP contribution is 2.26. The summed E-state index contributed by atoms with van der Waals surface area (Å²) in [4.78, 5) is 15.1. The van der Waals surface area contributed by atoms with Crippen LogP contribution in [0.3, 0.4) is 0 Å². The van der Waals surface area contributed by atoms with Gasteiger partial charge in [0.25, 0.3) is 0 Å². The number of aromatic nitrogens is 3. The van der Waals surface area contributed by atoms with Crippen LogP contribution in [0, 0.1) is 5.92 Å². The molecule has 7 heteroatoms. The van der Waals surface area contributed by atoms with Crippen LogP contribution in [0.15, 0.2) is 0 Å². The standard InChI is InChI=1S/C14H24N6O/c1-10-4-2-3-5-11(10)16-13-17-12(15)18-14(19-13)20-6-8-21-9-7-20/h10-11H,2-9H2,1H3,(H3,15,16,17,18,19). The number of hydrogen-bond acceptors (Lipinski definition) is 7. The van der Waals surface area contributed by atoms with Crippen molar-refractivity contribution >= 4 is 17.8 Å². The van der Waals surface area contributed by atoms with Crippen molar-refractivity contribution in [3.05, 3.63) is 0 Å². The van der Waals surface area contributed by atoms with E-state index in [0.717, 1.165) is 13.1 Å². The van der Waals surface area contributed by atoms with Gasteiger partial charge >= 0.3 is 0 Å². The van der Waals surface area contributed by atoms with Crippen molar-refractivity contribution in [2.45, 2.75) is 38.6 Å². The maximum Gasteiger partial charge on any atom is 0.232 e. The summed E-state index contributed by atoms with van der Waals surface area (Å²) in [6, 6.07) is 0.429. The largest absolute Gasteiger partial charge is 0.378 e. The predicted molar refractivity (Wildman–Crippen MR) is 82.3 cm³/mol. The van der Waals surface area contributed by atoms with Crippen LogP contribution in [0.4, 0.5) is 17.8 Å². The summed E-state index contributed by atoms with van der Waals surface area (Å²) in [5.74, 6) is 2.17. The van der Waals surface area contributed by atoms with E-state index in [0.29, 0.717) is 37.1 Å². The number of morpholine rings is 1. The zero-order chi connectivity index (χ0) is 14.7. The molecule has 1 aliphatic carbocycles. The van der Waals surface area contributed by atoms with E-state index < -0.39 is 0 Å². The topological polar surface area (TPSA) is 89.2 Å². The van der Waals surface area contributed by atoms with Gasteiger partial charge in [0.2, 0.25) is 17.8 Å². The zero-order valence-corrected chi connectivity index (χ0v) is 12.6. The van der Waals surface area contributed by atoms with E-state index in [4.69, 9.17) is 10.5 Å². The van der Waals surface area contributed by atoms with E-state index >= 15 is 0 Å². The minimum absolute atomic E-state index is 0.275. The molecule has 2 atom stereocenters. The first-order valence-corrected chi connectivity index (χ1v) is 7.83. The van der Waals surface area contributed by atoms with E-state index in [2.05, 4.69) is 32.1 Å². The Morgan fingerprint density at radius 2 is 1.90 bits per heavy atom. The zero-order valence-electron chi connectivity index (χ0n) is 12.6. The molecule has 1 saturated heterocycles. The minimum Gasteiger partial charge on any atom is -0.378 e. The van der Waals surface area contributed by atoms with Gasteiger partial charge in [-0.1, -0.05) is 19.8 Å². The predicted octanol–water partition coefficient (Wildman–Crippen LogP) is 1.28. The molecule has 1 saturated carbocycles. The molecule has 1 aromatic heterocycles. The van der Waals surface area contributed by atoms with Crippen molar-refractivity contribution in [1.82, 2.24) is 15.0 Å². The Balaban J connectivity index is 1.73. The van der Waals surface area contributed by atoms with Crippen LogP contribution >= 0.6 is 0 Å². The van der Waals surface area contributed by atoms with Gasteiger partial charge in [-0.15, -0.1) is 0 Å². The molecule has 0 radical (unpaired) electrons. The fourth-order valence-corrected chi connectivity index (χ4v) is 3.05. The Morgan fingerprint density at radius 3 is 2.67 bits per heavy atom.